The number of thiophene rings is 1. The average Bonchev–Trinajstić information content (AvgIpc) is 3.24. The summed E-state index contributed by atoms with van der Waals surface area (Å²) in [5, 5.41) is 5.45. The molecule has 152 valence electrons. The number of hydrogen-bond donors (Lipinski definition) is 1. The van der Waals surface area contributed by atoms with E-state index in [2.05, 4.69) is 67.7 Å². The fraction of sp³-hybridized carbons (Fsp3) is 0.261. The zero-order valence-electron chi connectivity index (χ0n) is 17.0. The molecule has 4 aromatic rings. The molecule has 1 fully saturated rings. The van der Waals surface area contributed by atoms with E-state index in [1.807, 2.05) is 24.5 Å². The van der Waals surface area contributed by atoms with Crippen molar-refractivity contribution in [2.45, 2.75) is 6.92 Å². The number of nitrogens with one attached hydrogen (secondary N) is 1. The molecule has 1 aliphatic rings. The highest BCUT2D eigenvalue weighted by Crippen LogP contribution is 2.33. The van der Waals surface area contributed by atoms with Gasteiger partial charge < -0.3 is 15.1 Å². The number of benzene rings is 1. The van der Waals surface area contributed by atoms with Gasteiger partial charge in [-0.2, -0.15) is 0 Å². The third-order valence-electron chi connectivity index (χ3n) is 5.55. The van der Waals surface area contributed by atoms with E-state index >= 15 is 0 Å². The van der Waals surface area contributed by atoms with Crippen LogP contribution in [0.2, 0.25) is 0 Å². The van der Waals surface area contributed by atoms with Crippen LogP contribution in [0.5, 0.6) is 0 Å². The van der Waals surface area contributed by atoms with Gasteiger partial charge in [0.25, 0.3) is 0 Å². The number of nitrogens with zero attached hydrogens (tertiary/aromatic N) is 5. The maximum atomic E-state index is 4.78. The molecule has 0 saturated carbocycles. The molecule has 1 N–H and O–H groups in total. The zero-order chi connectivity index (χ0) is 20.3. The van der Waals surface area contributed by atoms with Gasteiger partial charge in [-0.3, -0.25) is 0 Å². The van der Waals surface area contributed by atoms with Gasteiger partial charge in [-0.25, -0.2) is 15.0 Å². The average molecular weight is 417 g/mol. The SMILES string of the molecule is CCN1CCN(c2ccc(Nc3ncc4scc(-c5ccccc5)c4n3)cn2)CC1. The minimum Gasteiger partial charge on any atom is -0.354 e. The van der Waals surface area contributed by atoms with Crippen molar-refractivity contribution in [2.75, 3.05) is 42.9 Å². The van der Waals surface area contributed by atoms with Crippen LogP contribution in [-0.4, -0.2) is 52.6 Å². The fourth-order valence-electron chi connectivity index (χ4n) is 3.78. The normalized spacial score (nSPS) is 14.9. The maximum absolute atomic E-state index is 4.78. The summed E-state index contributed by atoms with van der Waals surface area (Å²) < 4.78 is 1.08. The minimum atomic E-state index is 0.587. The van der Waals surface area contributed by atoms with Gasteiger partial charge in [0.1, 0.15) is 5.82 Å². The molecule has 0 spiro atoms. The Labute approximate surface area is 180 Å². The smallest absolute Gasteiger partial charge is 0.227 e. The van der Waals surface area contributed by atoms with Crippen LogP contribution in [0.1, 0.15) is 6.92 Å². The Balaban J connectivity index is 1.33. The molecule has 7 heteroatoms. The summed E-state index contributed by atoms with van der Waals surface area (Å²) in [5.74, 6) is 1.61. The van der Waals surface area contributed by atoms with Gasteiger partial charge in [0.2, 0.25) is 5.95 Å². The van der Waals surface area contributed by atoms with Crippen molar-refractivity contribution in [3.63, 3.8) is 0 Å². The van der Waals surface area contributed by atoms with E-state index in [4.69, 9.17) is 4.98 Å². The largest absolute Gasteiger partial charge is 0.354 e. The number of pyridine rings is 1. The lowest BCUT2D eigenvalue weighted by molar-refractivity contribution is 0.270. The first-order chi connectivity index (χ1) is 14.8. The first kappa shape index (κ1) is 19.0. The number of aromatic nitrogens is 3. The summed E-state index contributed by atoms with van der Waals surface area (Å²) in [4.78, 5) is 18.7. The molecule has 1 aromatic carbocycles. The van der Waals surface area contributed by atoms with Gasteiger partial charge >= 0.3 is 0 Å². The molecule has 0 atom stereocenters. The Morgan fingerprint density at radius 1 is 0.967 bits per heavy atom. The van der Waals surface area contributed by atoms with Crippen molar-refractivity contribution in [3.05, 3.63) is 60.2 Å². The second-order valence-electron chi connectivity index (χ2n) is 7.37. The van der Waals surface area contributed by atoms with Gasteiger partial charge in [-0.15, -0.1) is 11.3 Å². The lowest BCUT2D eigenvalue weighted by atomic mass is 10.1. The van der Waals surface area contributed by atoms with E-state index in [0.29, 0.717) is 5.95 Å². The molecule has 0 unspecified atom stereocenters. The van der Waals surface area contributed by atoms with Gasteiger partial charge in [0, 0.05) is 37.1 Å². The summed E-state index contributed by atoms with van der Waals surface area (Å²) in [6.07, 6.45) is 3.75. The summed E-state index contributed by atoms with van der Waals surface area (Å²) in [7, 11) is 0. The summed E-state index contributed by atoms with van der Waals surface area (Å²) in [5.41, 5.74) is 4.17. The van der Waals surface area contributed by atoms with Crippen molar-refractivity contribution in [2.24, 2.45) is 0 Å². The molecular formula is C23H24N6S. The summed E-state index contributed by atoms with van der Waals surface area (Å²) in [6.45, 7) is 7.56. The number of anilines is 3. The summed E-state index contributed by atoms with van der Waals surface area (Å²) >= 11 is 1.67. The van der Waals surface area contributed by atoms with Crippen molar-refractivity contribution < 1.29 is 0 Å². The quantitative estimate of drug-likeness (QED) is 0.512. The number of rotatable bonds is 5. The Bertz CT molecular complexity index is 1120. The standard InChI is InChI=1S/C23H24N6S/c1-2-28-10-12-29(13-11-28)21-9-8-18(14-24-21)26-23-25-15-20-22(27-23)19(16-30-20)17-6-4-3-5-7-17/h3-9,14-16H,2,10-13H2,1H3,(H,25,26,27). The Morgan fingerprint density at radius 3 is 2.53 bits per heavy atom. The predicted molar refractivity (Wildman–Crippen MR) is 125 cm³/mol. The Hall–Kier alpha value is -3.03. The van der Waals surface area contributed by atoms with E-state index < -0.39 is 0 Å². The van der Waals surface area contributed by atoms with Crippen LogP contribution < -0.4 is 10.2 Å². The zero-order valence-corrected chi connectivity index (χ0v) is 17.8. The number of fused-ring (bicyclic) bond motifs is 1. The monoisotopic (exact) mass is 416 g/mol. The molecule has 3 aromatic heterocycles. The van der Waals surface area contributed by atoms with Crippen LogP contribution in [0.25, 0.3) is 21.3 Å². The maximum Gasteiger partial charge on any atom is 0.227 e. The topological polar surface area (TPSA) is 57.2 Å². The van der Waals surface area contributed by atoms with Crippen molar-refractivity contribution in [1.82, 2.24) is 19.9 Å². The minimum absolute atomic E-state index is 0.587. The van der Waals surface area contributed by atoms with Crippen LogP contribution in [0, 0.1) is 0 Å². The van der Waals surface area contributed by atoms with Gasteiger partial charge in [-0.05, 0) is 24.2 Å². The second kappa shape index (κ2) is 8.38. The molecular weight excluding hydrogens is 392 g/mol. The fourth-order valence-corrected chi connectivity index (χ4v) is 4.65. The van der Waals surface area contributed by atoms with Crippen molar-refractivity contribution >= 4 is 39.0 Å². The molecule has 30 heavy (non-hydrogen) atoms. The van der Waals surface area contributed by atoms with E-state index in [9.17, 15) is 0 Å². The lowest BCUT2D eigenvalue weighted by Gasteiger charge is -2.34. The van der Waals surface area contributed by atoms with Crippen LogP contribution >= 0.6 is 11.3 Å². The van der Waals surface area contributed by atoms with E-state index in [0.717, 1.165) is 60.0 Å². The highest BCUT2D eigenvalue weighted by atomic mass is 32.1. The molecule has 0 radical (unpaired) electrons. The van der Waals surface area contributed by atoms with Crippen LogP contribution in [0.4, 0.5) is 17.5 Å². The van der Waals surface area contributed by atoms with Gasteiger partial charge in [0.05, 0.1) is 28.3 Å². The molecule has 1 saturated heterocycles. The number of likely N-dealkylation sites (N-methyl/N-ethyl adjacent to an activating group) is 1. The second-order valence-corrected chi connectivity index (χ2v) is 8.28. The molecule has 0 amide bonds. The third-order valence-corrected chi connectivity index (χ3v) is 6.45. The molecule has 5 rings (SSSR count). The van der Waals surface area contributed by atoms with Crippen LogP contribution in [-0.2, 0) is 0 Å². The van der Waals surface area contributed by atoms with E-state index in [1.165, 1.54) is 5.56 Å². The Morgan fingerprint density at radius 2 is 1.80 bits per heavy atom. The van der Waals surface area contributed by atoms with Crippen molar-refractivity contribution in [1.29, 1.82) is 0 Å². The highest BCUT2D eigenvalue weighted by Gasteiger charge is 2.16. The Kier molecular flexibility index (Phi) is 5.29. The number of piperazine rings is 1. The molecule has 4 heterocycles. The molecule has 0 aliphatic carbocycles. The summed E-state index contributed by atoms with van der Waals surface area (Å²) in [6, 6.07) is 14.5. The van der Waals surface area contributed by atoms with Gasteiger partial charge in [-0.1, -0.05) is 37.3 Å². The van der Waals surface area contributed by atoms with Crippen molar-refractivity contribution in [3.8, 4) is 11.1 Å². The molecule has 0 bridgehead atoms. The predicted octanol–water partition coefficient (Wildman–Crippen LogP) is 4.64. The van der Waals surface area contributed by atoms with Crippen LogP contribution in [0.3, 0.4) is 0 Å². The molecule has 6 nitrogen and oxygen atoms in total. The van der Waals surface area contributed by atoms with E-state index in [-0.39, 0.29) is 0 Å². The molecule has 1 aliphatic heterocycles. The van der Waals surface area contributed by atoms with Gasteiger partial charge in [0.15, 0.2) is 0 Å². The first-order valence-electron chi connectivity index (χ1n) is 10.3. The van der Waals surface area contributed by atoms with E-state index in [1.54, 1.807) is 11.3 Å². The highest BCUT2D eigenvalue weighted by molar-refractivity contribution is 7.17. The van der Waals surface area contributed by atoms with Crippen LogP contribution in [0.15, 0.2) is 60.2 Å². The first-order valence-corrected chi connectivity index (χ1v) is 11.2. The number of hydrogen-bond acceptors (Lipinski definition) is 7. The lowest BCUT2D eigenvalue weighted by Crippen LogP contribution is -2.46. The third kappa shape index (κ3) is 3.86.